The quantitative estimate of drug-likeness (QED) is 0.838. The summed E-state index contributed by atoms with van der Waals surface area (Å²) in [6.07, 6.45) is 6.57. The highest BCUT2D eigenvalue weighted by Gasteiger charge is 2.23. The Balaban J connectivity index is 1.96. The Labute approximate surface area is 102 Å². The van der Waals surface area contributed by atoms with Gasteiger partial charge in [-0.2, -0.15) is 0 Å². The number of nitrogens with zero attached hydrogens (tertiary/aromatic N) is 1. The number of carbonyl (C=O) groups excluding carboxylic acids is 1. The average Bonchev–Trinajstić information content (AvgIpc) is 2.82. The molecule has 4 nitrogen and oxygen atoms in total. The number of hydrogen-bond donors (Lipinski definition) is 2. The van der Waals surface area contributed by atoms with Crippen molar-refractivity contribution in [2.45, 2.75) is 38.6 Å². The van der Waals surface area contributed by atoms with Crippen molar-refractivity contribution in [2.24, 2.45) is 5.92 Å². The highest BCUT2D eigenvalue weighted by Crippen LogP contribution is 2.27. The normalized spacial score (nSPS) is 17.9. The molecule has 0 bridgehead atoms. The molecule has 1 atom stereocenters. The van der Waals surface area contributed by atoms with E-state index in [1.807, 2.05) is 0 Å². The van der Waals surface area contributed by atoms with E-state index in [1.165, 1.54) is 25.7 Å². The first-order chi connectivity index (χ1) is 8.16. The molecule has 1 amide bonds. The largest absolute Gasteiger partial charge is 0.384 e. The van der Waals surface area contributed by atoms with Gasteiger partial charge in [0.15, 0.2) is 0 Å². The zero-order valence-electron chi connectivity index (χ0n) is 10.1. The summed E-state index contributed by atoms with van der Waals surface area (Å²) in [6, 6.07) is 3.53. The van der Waals surface area contributed by atoms with E-state index in [9.17, 15) is 4.79 Å². The molecule has 1 fully saturated rings. The molecule has 0 radical (unpaired) electrons. The van der Waals surface area contributed by atoms with Gasteiger partial charge in [-0.1, -0.05) is 12.8 Å². The molecule has 1 aliphatic carbocycles. The van der Waals surface area contributed by atoms with Crippen molar-refractivity contribution in [1.82, 2.24) is 10.3 Å². The van der Waals surface area contributed by atoms with Crippen LogP contribution < -0.4 is 11.1 Å². The molecule has 1 aromatic rings. The monoisotopic (exact) mass is 233 g/mol. The molecular formula is C13H19N3O. The summed E-state index contributed by atoms with van der Waals surface area (Å²) in [4.78, 5) is 15.8. The first-order valence-corrected chi connectivity index (χ1v) is 6.19. The number of pyridine rings is 1. The molecule has 1 unspecified atom stereocenters. The van der Waals surface area contributed by atoms with E-state index in [0.29, 0.717) is 17.3 Å². The van der Waals surface area contributed by atoms with Gasteiger partial charge in [-0.05, 0) is 37.8 Å². The first kappa shape index (κ1) is 11.9. The molecule has 2 rings (SSSR count). The van der Waals surface area contributed by atoms with Crippen LogP contribution in [0.2, 0.25) is 0 Å². The molecule has 4 heteroatoms. The third kappa shape index (κ3) is 2.96. The molecule has 1 saturated carbocycles. The first-order valence-electron chi connectivity index (χ1n) is 6.19. The molecule has 0 saturated heterocycles. The Kier molecular flexibility index (Phi) is 3.61. The van der Waals surface area contributed by atoms with Crippen molar-refractivity contribution >= 4 is 11.7 Å². The van der Waals surface area contributed by atoms with Gasteiger partial charge >= 0.3 is 0 Å². The van der Waals surface area contributed by atoms with Crippen LogP contribution in [0, 0.1) is 5.92 Å². The maximum Gasteiger partial charge on any atom is 0.251 e. The van der Waals surface area contributed by atoms with Gasteiger partial charge in [0.1, 0.15) is 5.82 Å². The van der Waals surface area contributed by atoms with Crippen molar-refractivity contribution in [3.8, 4) is 0 Å². The molecule has 0 spiro atoms. The van der Waals surface area contributed by atoms with Gasteiger partial charge < -0.3 is 11.1 Å². The smallest absolute Gasteiger partial charge is 0.251 e. The maximum atomic E-state index is 12.0. The lowest BCUT2D eigenvalue weighted by Crippen LogP contribution is -2.37. The lowest BCUT2D eigenvalue weighted by atomic mass is 9.99. The van der Waals surface area contributed by atoms with Crippen LogP contribution in [0.25, 0.3) is 0 Å². The van der Waals surface area contributed by atoms with Crippen LogP contribution in [-0.4, -0.2) is 16.9 Å². The molecule has 1 aliphatic rings. The predicted molar refractivity (Wildman–Crippen MR) is 67.5 cm³/mol. The van der Waals surface area contributed by atoms with Crippen molar-refractivity contribution in [3.63, 3.8) is 0 Å². The van der Waals surface area contributed by atoms with E-state index in [-0.39, 0.29) is 11.9 Å². The lowest BCUT2D eigenvalue weighted by molar-refractivity contribution is 0.0927. The summed E-state index contributed by atoms with van der Waals surface area (Å²) in [6.45, 7) is 2.08. The minimum atomic E-state index is -0.0569. The lowest BCUT2D eigenvalue weighted by Gasteiger charge is -2.20. The second kappa shape index (κ2) is 5.17. The zero-order chi connectivity index (χ0) is 12.3. The summed E-state index contributed by atoms with van der Waals surface area (Å²) >= 11 is 0. The Morgan fingerprint density at radius 3 is 2.88 bits per heavy atom. The number of aromatic nitrogens is 1. The van der Waals surface area contributed by atoms with Crippen LogP contribution in [0.3, 0.4) is 0 Å². The number of carbonyl (C=O) groups is 1. The van der Waals surface area contributed by atoms with E-state index in [0.717, 1.165) is 0 Å². The van der Waals surface area contributed by atoms with Crippen molar-refractivity contribution in [3.05, 3.63) is 23.9 Å². The van der Waals surface area contributed by atoms with Gasteiger partial charge in [-0.3, -0.25) is 4.79 Å². The minimum absolute atomic E-state index is 0.0569. The van der Waals surface area contributed by atoms with Crippen LogP contribution in [0.4, 0.5) is 5.82 Å². The summed E-state index contributed by atoms with van der Waals surface area (Å²) in [5.41, 5.74) is 6.14. The van der Waals surface area contributed by atoms with E-state index in [1.54, 1.807) is 18.3 Å². The average molecular weight is 233 g/mol. The summed E-state index contributed by atoms with van der Waals surface area (Å²) in [7, 11) is 0. The van der Waals surface area contributed by atoms with Gasteiger partial charge in [0, 0.05) is 17.8 Å². The Bertz CT molecular complexity index is 399. The number of amides is 1. The fourth-order valence-corrected chi connectivity index (χ4v) is 2.45. The van der Waals surface area contributed by atoms with E-state index in [2.05, 4.69) is 17.2 Å². The van der Waals surface area contributed by atoms with Gasteiger partial charge in [-0.25, -0.2) is 4.98 Å². The Morgan fingerprint density at radius 1 is 1.53 bits per heavy atom. The molecule has 0 aliphatic heterocycles. The van der Waals surface area contributed by atoms with Gasteiger partial charge in [0.2, 0.25) is 0 Å². The highest BCUT2D eigenvalue weighted by molar-refractivity contribution is 5.94. The molecule has 0 aromatic carbocycles. The SMILES string of the molecule is CC(NC(=O)c1ccnc(N)c1)C1CCCC1. The second-order valence-corrected chi connectivity index (χ2v) is 4.78. The van der Waals surface area contributed by atoms with Gasteiger partial charge in [-0.15, -0.1) is 0 Å². The Hall–Kier alpha value is -1.58. The Morgan fingerprint density at radius 2 is 2.24 bits per heavy atom. The van der Waals surface area contributed by atoms with Crippen LogP contribution in [0.1, 0.15) is 43.0 Å². The minimum Gasteiger partial charge on any atom is -0.384 e. The predicted octanol–water partition coefficient (Wildman–Crippen LogP) is 1.97. The topological polar surface area (TPSA) is 68.0 Å². The number of nitrogen functional groups attached to an aromatic ring is 1. The molecule has 1 aromatic heterocycles. The molecular weight excluding hydrogens is 214 g/mol. The van der Waals surface area contributed by atoms with E-state index >= 15 is 0 Å². The molecule has 1 heterocycles. The fraction of sp³-hybridized carbons (Fsp3) is 0.538. The highest BCUT2D eigenvalue weighted by atomic mass is 16.1. The van der Waals surface area contributed by atoms with Gasteiger partial charge in [0.25, 0.3) is 5.91 Å². The number of hydrogen-bond acceptors (Lipinski definition) is 3. The molecule has 3 N–H and O–H groups in total. The van der Waals surface area contributed by atoms with Crippen molar-refractivity contribution < 1.29 is 4.79 Å². The van der Waals surface area contributed by atoms with E-state index < -0.39 is 0 Å². The molecule has 92 valence electrons. The number of nitrogens with two attached hydrogens (primary N) is 1. The molecule has 17 heavy (non-hydrogen) atoms. The number of nitrogens with one attached hydrogen (secondary N) is 1. The van der Waals surface area contributed by atoms with Crippen LogP contribution in [0.15, 0.2) is 18.3 Å². The fourth-order valence-electron chi connectivity index (χ4n) is 2.45. The van der Waals surface area contributed by atoms with Crippen LogP contribution in [-0.2, 0) is 0 Å². The number of rotatable bonds is 3. The maximum absolute atomic E-state index is 12.0. The van der Waals surface area contributed by atoms with Crippen LogP contribution >= 0.6 is 0 Å². The summed E-state index contributed by atoms with van der Waals surface area (Å²) in [5.74, 6) is 0.947. The van der Waals surface area contributed by atoms with E-state index in [4.69, 9.17) is 5.73 Å². The standard InChI is InChI=1S/C13H19N3O/c1-9(10-4-2-3-5-10)16-13(17)11-6-7-15-12(14)8-11/h6-10H,2-5H2,1H3,(H2,14,15)(H,16,17). The van der Waals surface area contributed by atoms with Crippen LogP contribution in [0.5, 0.6) is 0 Å². The van der Waals surface area contributed by atoms with Crippen molar-refractivity contribution in [1.29, 1.82) is 0 Å². The van der Waals surface area contributed by atoms with Crippen molar-refractivity contribution in [2.75, 3.05) is 5.73 Å². The second-order valence-electron chi connectivity index (χ2n) is 4.78. The van der Waals surface area contributed by atoms with Gasteiger partial charge in [0.05, 0.1) is 0 Å². The number of anilines is 1. The summed E-state index contributed by atoms with van der Waals surface area (Å²) < 4.78 is 0. The summed E-state index contributed by atoms with van der Waals surface area (Å²) in [5, 5.41) is 3.04. The third-order valence-electron chi connectivity index (χ3n) is 3.51. The third-order valence-corrected chi connectivity index (χ3v) is 3.51. The zero-order valence-corrected chi connectivity index (χ0v) is 10.1.